The molecule has 7 N–H and O–H groups in total. The molecule has 0 aromatic heterocycles. The third kappa shape index (κ3) is 5.90. The molecule has 5 saturated carbocycles. The molecule has 66 heavy (non-hydrogen) atoms. The van der Waals surface area contributed by atoms with Crippen LogP contribution in [0.4, 0.5) is 5.69 Å². The number of carbonyl (C=O) groups excluding carboxylic acids is 2. The molecule has 4 spiro atoms. The number of allylic oxidation sites excluding steroid dienone is 2. The maximum absolute atomic E-state index is 15.8. The number of phenols is 1. The van der Waals surface area contributed by atoms with E-state index in [2.05, 4.69) is 32.9 Å². The number of hydrogen-bond donors (Lipinski definition) is 7. The number of ether oxygens (including phenoxy) is 1. The quantitative estimate of drug-likeness (QED) is 0.0944. The van der Waals surface area contributed by atoms with Crippen LogP contribution < -0.4 is 4.90 Å². The van der Waals surface area contributed by atoms with Gasteiger partial charge in [-0.25, -0.2) is 0 Å². The Labute approximate surface area is 398 Å². The average molecular weight is 948 g/mol. The van der Waals surface area contributed by atoms with Gasteiger partial charge >= 0.3 is 0 Å². The summed E-state index contributed by atoms with van der Waals surface area (Å²) < 4.78 is 6.50. The van der Waals surface area contributed by atoms with Crippen LogP contribution in [0.2, 0.25) is 0 Å². The SMILES string of the molecule is CC(C)C(C)C1OC1C1(O)CC=CC2CC3C4=CC(=O)C5(CC(O)C(O)CC35C)C(O)SSCC3CCCC(CO)C35C(=O)N(CC53CCCC3)c3cc(O)cc(c3)CCC23C1CCC43O. The molecule has 8 bridgehead atoms. The summed E-state index contributed by atoms with van der Waals surface area (Å²) in [5, 5.41) is 86.3. The molecule has 5 heterocycles. The number of anilines is 1. The van der Waals surface area contributed by atoms with Crippen molar-refractivity contribution >= 4 is 39.0 Å². The minimum atomic E-state index is -1.57. The van der Waals surface area contributed by atoms with Gasteiger partial charge in [0.1, 0.15) is 22.9 Å². The average Bonchev–Trinajstić information content (AvgIpc) is 3.78. The highest BCUT2D eigenvalue weighted by atomic mass is 33.1. The number of hydrogen-bond acceptors (Lipinski definition) is 12. The molecule has 1 amide bonds. The number of ketones is 1. The Hall–Kier alpha value is -1.94. The van der Waals surface area contributed by atoms with Crippen molar-refractivity contribution in [2.45, 2.75) is 165 Å². The van der Waals surface area contributed by atoms with Crippen LogP contribution in [0, 0.1) is 68.5 Å². The molecule has 1 aromatic carbocycles. The fraction of sp³-hybridized carbons (Fsp3) is 0.774. The topological polar surface area (TPSA) is 192 Å². The van der Waals surface area contributed by atoms with E-state index in [0.29, 0.717) is 68.0 Å². The largest absolute Gasteiger partial charge is 0.508 e. The standard InChI is InChI=1S/C53H73NO10S2/c1-29(2)30(3)43-44(64-43)51(62)16-8-11-32-21-37-38-23-42(59)50(25-40(58)39(57)24-47(37,50)4)46(61)66-65-27-34-10-7-9-33(26-55)53(34)45(60)54(28-48(53)14-5-6-15-48)35-19-31(20-36(56)22-35)12-17-49(32)41(51)13-18-52(38,49)63/h8,11,19-20,22-23,29-30,32-34,37,39-41,43-44,46,55-58,61-63H,5-7,9-10,12-18,21,24-28H2,1-4H3. The number of phenolic OH excluding ortho intramolecular Hbond substituents is 1. The van der Waals surface area contributed by atoms with Gasteiger partial charge in [-0.3, -0.25) is 9.59 Å². The number of rotatable bonds is 4. The van der Waals surface area contributed by atoms with Crippen LogP contribution >= 0.6 is 21.6 Å². The molecule has 13 heteroatoms. The Morgan fingerprint density at radius 2 is 1.70 bits per heavy atom. The highest BCUT2D eigenvalue weighted by molar-refractivity contribution is 8.76. The molecule has 17 atom stereocenters. The zero-order chi connectivity index (χ0) is 46.6. The zero-order valence-corrected chi connectivity index (χ0v) is 40.9. The minimum absolute atomic E-state index is 0.00219. The van der Waals surface area contributed by atoms with Crippen LogP contribution in [-0.2, 0) is 20.7 Å². The van der Waals surface area contributed by atoms with Gasteiger partial charge in [-0.15, -0.1) is 0 Å². The van der Waals surface area contributed by atoms with Crippen LogP contribution in [0.3, 0.4) is 0 Å². The molecular formula is C53H73NO10S2. The molecule has 7 aliphatic carbocycles. The van der Waals surface area contributed by atoms with Gasteiger partial charge in [-0.05, 0) is 147 Å². The molecular weight excluding hydrogens is 875 g/mol. The third-order valence-electron chi connectivity index (χ3n) is 21.4. The summed E-state index contributed by atoms with van der Waals surface area (Å²) in [6, 6.07) is 5.51. The van der Waals surface area contributed by atoms with Gasteiger partial charge in [0.2, 0.25) is 5.91 Å². The van der Waals surface area contributed by atoms with Crippen LogP contribution in [0.25, 0.3) is 0 Å². The van der Waals surface area contributed by atoms with E-state index in [1.165, 1.54) is 21.6 Å². The van der Waals surface area contributed by atoms with E-state index in [4.69, 9.17) is 4.74 Å². The first-order valence-corrected chi connectivity index (χ1v) is 27.9. The lowest BCUT2D eigenvalue weighted by Crippen LogP contribution is -2.70. The first-order chi connectivity index (χ1) is 31.4. The van der Waals surface area contributed by atoms with Gasteiger partial charge in [-0.1, -0.05) is 80.7 Å². The lowest BCUT2D eigenvalue weighted by atomic mass is 9.39. The van der Waals surface area contributed by atoms with E-state index in [-0.39, 0.29) is 72.1 Å². The molecule has 7 fully saturated rings. The van der Waals surface area contributed by atoms with Gasteiger partial charge in [0.25, 0.3) is 0 Å². The van der Waals surface area contributed by atoms with Crippen LogP contribution in [0.5, 0.6) is 5.75 Å². The Kier molecular flexibility index (Phi) is 11.1. The number of aliphatic hydroxyl groups is 6. The highest BCUT2D eigenvalue weighted by Gasteiger charge is 2.78. The summed E-state index contributed by atoms with van der Waals surface area (Å²) in [4.78, 5) is 33.2. The molecule has 2 saturated heterocycles. The van der Waals surface area contributed by atoms with Crippen molar-refractivity contribution < 1.29 is 50.1 Å². The molecule has 13 rings (SSSR count). The second kappa shape index (κ2) is 15.8. The minimum Gasteiger partial charge on any atom is -0.508 e. The smallest absolute Gasteiger partial charge is 0.234 e. The summed E-state index contributed by atoms with van der Waals surface area (Å²) in [6.45, 7) is 8.91. The predicted octanol–water partition coefficient (Wildman–Crippen LogP) is 6.87. The fourth-order valence-electron chi connectivity index (χ4n) is 18.0. The number of nitrogens with zero attached hydrogens (tertiary/aromatic N) is 1. The number of fused-ring (bicyclic) bond motifs is 1. The van der Waals surface area contributed by atoms with E-state index in [1.54, 1.807) is 18.2 Å². The van der Waals surface area contributed by atoms with Crippen LogP contribution in [-0.4, -0.2) is 107 Å². The van der Waals surface area contributed by atoms with Crippen molar-refractivity contribution in [1.82, 2.24) is 0 Å². The molecule has 0 radical (unpaired) electrons. The number of benzene rings is 1. The highest BCUT2D eigenvalue weighted by Crippen LogP contribution is 2.76. The molecule has 5 aliphatic heterocycles. The van der Waals surface area contributed by atoms with E-state index >= 15 is 9.59 Å². The Balaban J connectivity index is 1.11. The summed E-state index contributed by atoms with van der Waals surface area (Å²) >= 11 is 0. The molecule has 362 valence electrons. The number of aromatic hydroxyl groups is 1. The van der Waals surface area contributed by atoms with Gasteiger partial charge in [0.05, 0.1) is 34.7 Å². The number of aryl methyl sites for hydroxylation is 1. The van der Waals surface area contributed by atoms with E-state index in [0.717, 1.165) is 50.5 Å². The van der Waals surface area contributed by atoms with Gasteiger partial charge < -0.3 is 45.4 Å². The van der Waals surface area contributed by atoms with Crippen molar-refractivity contribution in [3.63, 3.8) is 0 Å². The number of amides is 1. The van der Waals surface area contributed by atoms with Crippen molar-refractivity contribution in [3.05, 3.63) is 47.6 Å². The maximum Gasteiger partial charge on any atom is 0.234 e. The van der Waals surface area contributed by atoms with E-state index in [9.17, 15) is 35.7 Å². The second-order valence-electron chi connectivity index (χ2n) is 23.9. The van der Waals surface area contributed by atoms with Crippen LogP contribution in [0.1, 0.15) is 123 Å². The first kappa shape index (κ1) is 46.4. The van der Waals surface area contributed by atoms with Crippen molar-refractivity contribution in [3.8, 4) is 5.75 Å². The van der Waals surface area contributed by atoms with E-state index in [1.807, 2.05) is 17.9 Å². The monoisotopic (exact) mass is 947 g/mol. The van der Waals surface area contributed by atoms with Gasteiger partial charge in [0, 0.05) is 47.4 Å². The Bertz CT molecular complexity index is 2210. The summed E-state index contributed by atoms with van der Waals surface area (Å²) in [5.41, 5.74) is -6.88. The number of epoxide rings is 1. The van der Waals surface area contributed by atoms with Crippen molar-refractivity contribution in [2.75, 3.05) is 23.8 Å². The first-order valence-electron chi connectivity index (χ1n) is 25.5. The third-order valence-corrected chi connectivity index (χ3v) is 24.0. The summed E-state index contributed by atoms with van der Waals surface area (Å²) in [6.07, 6.45) is 11.5. The molecule has 12 aliphatic rings. The lowest BCUT2D eigenvalue weighted by Gasteiger charge is -2.66. The lowest BCUT2D eigenvalue weighted by molar-refractivity contribution is -0.206. The molecule has 17 unspecified atom stereocenters. The second-order valence-corrected chi connectivity index (χ2v) is 26.4. The van der Waals surface area contributed by atoms with Crippen molar-refractivity contribution in [2.24, 2.45) is 68.5 Å². The summed E-state index contributed by atoms with van der Waals surface area (Å²) in [7, 11) is 2.71. The summed E-state index contributed by atoms with van der Waals surface area (Å²) in [5.74, 6) is -0.755. The van der Waals surface area contributed by atoms with Gasteiger partial charge in [-0.2, -0.15) is 0 Å². The van der Waals surface area contributed by atoms with Crippen molar-refractivity contribution in [1.29, 1.82) is 0 Å². The number of carbonyl (C=O) groups is 2. The Morgan fingerprint density at radius 1 is 0.939 bits per heavy atom. The predicted molar refractivity (Wildman–Crippen MR) is 254 cm³/mol. The van der Waals surface area contributed by atoms with E-state index < -0.39 is 68.4 Å². The maximum atomic E-state index is 15.8. The molecule has 1 aromatic rings. The zero-order valence-electron chi connectivity index (χ0n) is 39.2. The fourth-order valence-corrected chi connectivity index (χ4v) is 21.1. The van der Waals surface area contributed by atoms with Gasteiger partial charge in [0.15, 0.2) is 5.78 Å². The normalized spacial score (nSPS) is 48.6. The van der Waals surface area contributed by atoms with Crippen LogP contribution in [0.15, 0.2) is 42.0 Å². The number of aliphatic hydroxyl groups excluding tert-OH is 4. The Morgan fingerprint density at radius 3 is 2.44 bits per heavy atom. The molecule has 11 nitrogen and oxygen atoms in total.